The van der Waals surface area contributed by atoms with Gasteiger partial charge >= 0.3 is 0 Å². The molecule has 0 amide bonds. The number of aliphatic hydroxyl groups excluding tert-OH is 1. The fourth-order valence-corrected chi connectivity index (χ4v) is 5.16. The summed E-state index contributed by atoms with van der Waals surface area (Å²) in [7, 11) is 2.01. The van der Waals surface area contributed by atoms with Crippen LogP contribution in [0.2, 0.25) is 0 Å². The number of halogens is 1. The lowest BCUT2D eigenvalue weighted by molar-refractivity contribution is 0.290. The number of hydrogen-bond acceptors (Lipinski definition) is 3. The summed E-state index contributed by atoms with van der Waals surface area (Å²) in [6, 6.07) is 15.3. The molecule has 1 aliphatic heterocycles. The number of rotatable bonds is 4. The second-order valence-corrected chi connectivity index (χ2v) is 8.03. The van der Waals surface area contributed by atoms with Crippen molar-refractivity contribution < 1.29 is 5.11 Å². The van der Waals surface area contributed by atoms with E-state index >= 15 is 0 Å². The monoisotopic (exact) mass is 399 g/mol. The highest BCUT2D eigenvalue weighted by molar-refractivity contribution is 6.04. The highest BCUT2D eigenvalue weighted by Crippen LogP contribution is 2.58. The number of anilines is 2. The van der Waals surface area contributed by atoms with Gasteiger partial charge in [0, 0.05) is 42.9 Å². The fraction of sp³-hybridized carbons (Fsp3) is 0.435. The van der Waals surface area contributed by atoms with E-state index in [0.717, 1.165) is 17.9 Å². The summed E-state index contributed by atoms with van der Waals surface area (Å²) in [5.74, 6) is 1.79. The van der Waals surface area contributed by atoms with Crippen molar-refractivity contribution in [3.63, 3.8) is 0 Å². The first-order valence-corrected chi connectivity index (χ1v) is 9.92. The number of fused-ring (bicyclic) bond motifs is 5. The maximum atomic E-state index is 9.18. The number of amidine groups is 1. The molecule has 1 heterocycles. The number of aliphatic imine (C=N–C) groups is 1. The van der Waals surface area contributed by atoms with Crippen LogP contribution >= 0.6 is 12.4 Å². The second-order valence-electron chi connectivity index (χ2n) is 8.03. The Bertz CT molecular complexity index is 882. The van der Waals surface area contributed by atoms with E-state index in [0.29, 0.717) is 18.9 Å². The molecule has 0 bridgehead atoms. The van der Waals surface area contributed by atoms with Crippen LogP contribution in [0.3, 0.4) is 0 Å². The standard InChI is InChI=1S/C23H29N3O.ClH/c1-15-14-23(2)21(17-9-6-11-19(24-3)20(15)17)16-8-4-5-10-18(16)26-22(23)25-12-7-13-27;/h4-6,8-11,15,21,24,27H,7,12-14H2,1-3H3,(H,25,26);1H/t15?,21-,23+;/m1./s1. The summed E-state index contributed by atoms with van der Waals surface area (Å²) in [6.45, 7) is 5.51. The van der Waals surface area contributed by atoms with Crippen LogP contribution in [-0.2, 0) is 0 Å². The first-order valence-electron chi connectivity index (χ1n) is 9.92. The van der Waals surface area contributed by atoms with Gasteiger partial charge in [0.1, 0.15) is 5.84 Å². The topological polar surface area (TPSA) is 56.7 Å². The summed E-state index contributed by atoms with van der Waals surface area (Å²) in [5.41, 5.74) is 6.50. The van der Waals surface area contributed by atoms with E-state index in [1.807, 2.05) is 7.05 Å². The van der Waals surface area contributed by atoms with Gasteiger partial charge in [-0.15, -0.1) is 12.4 Å². The minimum atomic E-state index is -0.0808. The Morgan fingerprint density at radius 3 is 2.68 bits per heavy atom. The van der Waals surface area contributed by atoms with Gasteiger partial charge in [0.15, 0.2) is 0 Å². The number of nitrogens with zero attached hydrogens (tertiary/aromatic N) is 1. The first kappa shape index (κ1) is 20.7. The summed E-state index contributed by atoms with van der Waals surface area (Å²) >= 11 is 0. The molecule has 28 heavy (non-hydrogen) atoms. The Kier molecular flexibility index (Phi) is 6.01. The summed E-state index contributed by atoms with van der Waals surface area (Å²) < 4.78 is 0. The van der Waals surface area contributed by atoms with Crippen molar-refractivity contribution in [1.82, 2.24) is 0 Å². The number of benzene rings is 2. The molecule has 0 saturated heterocycles. The molecule has 150 valence electrons. The fourth-order valence-electron chi connectivity index (χ4n) is 5.16. The van der Waals surface area contributed by atoms with Crippen LogP contribution in [0.15, 0.2) is 47.5 Å². The van der Waals surface area contributed by atoms with Crippen molar-refractivity contribution in [2.24, 2.45) is 10.4 Å². The van der Waals surface area contributed by atoms with Crippen LogP contribution in [0.4, 0.5) is 11.4 Å². The van der Waals surface area contributed by atoms with Crippen LogP contribution in [0.5, 0.6) is 0 Å². The van der Waals surface area contributed by atoms with E-state index in [1.165, 1.54) is 22.4 Å². The molecule has 5 heteroatoms. The lowest BCUT2D eigenvalue weighted by Crippen LogP contribution is -2.47. The molecule has 3 N–H and O–H groups in total. The third kappa shape index (κ3) is 3.19. The number of hydrogen-bond donors (Lipinski definition) is 3. The second kappa shape index (κ2) is 8.14. The third-order valence-electron chi connectivity index (χ3n) is 6.23. The maximum absolute atomic E-state index is 9.18. The summed E-state index contributed by atoms with van der Waals surface area (Å²) in [5, 5.41) is 16.2. The Balaban J connectivity index is 0.00000225. The lowest BCUT2D eigenvalue weighted by Gasteiger charge is -2.50. The SMILES string of the molecule is CNc1cccc2c1C(C)C[C@]1(C)C(=NCCCO)Nc3ccccc3[C@H]21.Cl. The largest absolute Gasteiger partial charge is 0.396 e. The average molecular weight is 400 g/mol. The smallest absolute Gasteiger partial charge is 0.108 e. The van der Waals surface area contributed by atoms with E-state index in [-0.39, 0.29) is 30.3 Å². The predicted octanol–water partition coefficient (Wildman–Crippen LogP) is 5.00. The van der Waals surface area contributed by atoms with E-state index in [4.69, 9.17) is 4.99 Å². The Hall–Kier alpha value is -2.04. The van der Waals surface area contributed by atoms with Gasteiger partial charge in [0.2, 0.25) is 0 Å². The highest BCUT2D eigenvalue weighted by Gasteiger charge is 2.50. The van der Waals surface area contributed by atoms with Crippen LogP contribution < -0.4 is 10.6 Å². The average Bonchev–Trinajstić information content (AvgIpc) is 2.67. The molecule has 0 radical (unpaired) electrons. The molecule has 2 aliphatic rings. The molecule has 0 saturated carbocycles. The maximum Gasteiger partial charge on any atom is 0.108 e. The molecule has 4 rings (SSSR count). The van der Waals surface area contributed by atoms with Crippen LogP contribution in [0, 0.1) is 5.41 Å². The third-order valence-corrected chi connectivity index (χ3v) is 6.23. The number of nitrogens with one attached hydrogen (secondary N) is 2. The van der Waals surface area contributed by atoms with Gasteiger partial charge < -0.3 is 15.7 Å². The van der Waals surface area contributed by atoms with Crippen molar-refractivity contribution in [3.8, 4) is 0 Å². The molecular formula is C23H30ClN3O. The molecule has 1 aliphatic carbocycles. The molecule has 2 aromatic rings. The zero-order valence-electron chi connectivity index (χ0n) is 16.8. The minimum Gasteiger partial charge on any atom is -0.396 e. The normalized spacial score (nSPS) is 26.4. The number of aliphatic hydroxyl groups is 1. The van der Waals surface area contributed by atoms with Crippen LogP contribution in [0.1, 0.15) is 55.2 Å². The molecule has 1 unspecified atom stereocenters. The molecule has 3 atom stereocenters. The van der Waals surface area contributed by atoms with Crippen molar-refractivity contribution >= 4 is 29.6 Å². The van der Waals surface area contributed by atoms with Crippen molar-refractivity contribution in [2.75, 3.05) is 30.8 Å². The van der Waals surface area contributed by atoms with Gasteiger partial charge in [0.05, 0.1) is 0 Å². The Morgan fingerprint density at radius 2 is 1.93 bits per heavy atom. The van der Waals surface area contributed by atoms with Gasteiger partial charge in [-0.2, -0.15) is 0 Å². The zero-order valence-corrected chi connectivity index (χ0v) is 17.6. The van der Waals surface area contributed by atoms with Crippen molar-refractivity contribution in [2.45, 2.75) is 38.5 Å². The van der Waals surface area contributed by atoms with Crippen LogP contribution in [0.25, 0.3) is 0 Å². The molecule has 0 aromatic heterocycles. The van der Waals surface area contributed by atoms with E-state index in [2.05, 4.69) is 66.9 Å². The van der Waals surface area contributed by atoms with Gasteiger partial charge in [-0.25, -0.2) is 0 Å². The van der Waals surface area contributed by atoms with E-state index < -0.39 is 0 Å². The van der Waals surface area contributed by atoms with Gasteiger partial charge in [-0.3, -0.25) is 4.99 Å². The highest BCUT2D eigenvalue weighted by atomic mass is 35.5. The molecule has 4 nitrogen and oxygen atoms in total. The van der Waals surface area contributed by atoms with Gasteiger partial charge in [0.25, 0.3) is 0 Å². The van der Waals surface area contributed by atoms with Gasteiger partial charge in [-0.1, -0.05) is 44.2 Å². The summed E-state index contributed by atoms with van der Waals surface area (Å²) in [6.07, 6.45) is 1.74. The van der Waals surface area contributed by atoms with Gasteiger partial charge in [-0.05, 0) is 47.6 Å². The predicted molar refractivity (Wildman–Crippen MR) is 120 cm³/mol. The molecule has 0 spiro atoms. The van der Waals surface area contributed by atoms with Crippen molar-refractivity contribution in [3.05, 3.63) is 59.2 Å². The quantitative estimate of drug-likeness (QED) is 0.634. The zero-order chi connectivity index (χ0) is 19.0. The Morgan fingerprint density at radius 1 is 1.18 bits per heavy atom. The molecular weight excluding hydrogens is 370 g/mol. The molecule has 0 fully saturated rings. The first-order chi connectivity index (χ1) is 13.1. The molecule has 2 aromatic carbocycles. The Labute approximate surface area is 173 Å². The van der Waals surface area contributed by atoms with E-state index in [1.54, 1.807) is 0 Å². The van der Waals surface area contributed by atoms with Crippen LogP contribution in [-0.4, -0.2) is 31.1 Å². The van der Waals surface area contributed by atoms with E-state index in [9.17, 15) is 5.11 Å². The lowest BCUT2D eigenvalue weighted by atomic mass is 9.57. The summed E-state index contributed by atoms with van der Waals surface area (Å²) in [4.78, 5) is 4.91. The minimum absolute atomic E-state index is 0. The number of para-hydroxylation sites is 1. The van der Waals surface area contributed by atoms with Crippen molar-refractivity contribution in [1.29, 1.82) is 0 Å².